The van der Waals surface area contributed by atoms with Gasteiger partial charge in [-0.15, -0.1) is 0 Å². The highest BCUT2D eigenvalue weighted by Gasteiger charge is 2.00. The fraction of sp³-hybridized carbons (Fsp3) is 0.0588. The van der Waals surface area contributed by atoms with E-state index in [-0.39, 0.29) is 5.91 Å². The summed E-state index contributed by atoms with van der Waals surface area (Å²) in [6.07, 6.45) is 10.7. The molecule has 4 heteroatoms. The summed E-state index contributed by atoms with van der Waals surface area (Å²) < 4.78 is 0. The lowest BCUT2D eigenvalue weighted by Crippen LogP contribution is -2.30. The summed E-state index contributed by atoms with van der Waals surface area (Å²) in [6.45, 7) is 0. The first-order valence-corrected chi connectivity index (χ1v) is 6.62. The number of benzene rings is 1. The fourth-order valence-electron chi connectivity index (χ4n) is 1.71. The molecule has 0 saturated carbocycles. The number of aromatic nitrogens is 1. The van der Waals surface area contributed by atoms with E-state index in [0.717, 1.165) is 16.1 Å². The first-order chi connectivity index (χ1) is 10.3. The van der Waals surface area contributed by atoms with Gasteiger partial charge in [0.15, 0.2) is 0 Å². The fourth-order valence-corrected chi connectivity index (χ4v) is 1.71. The van der Waals surface area contributed by atoms with Gasteiger partial charge in [-0.2, -0.15) is 0 Å². The molecule has 0 atom stereocenters. The van der Waals surface area contributed by atoms with Crippen LogP contribution in [0.15, 0.2) is 73.2 Å². The quantitative estimate of drug-likeness (QED) is 0.396. The predicted octanol–water partition coefficient (Wildman–Crippen LogP) is 2.55. The van der Waals surface area contributed by atoms with Crippen LogP contribution in [0.2, 0.25) is 0 Å². The van der Waals surface area contributed by atoms with Crippen molar-refractivity contribution in [3.05, 3.63) is 84.3 Å². The van der Waals surface area contributed by atoms with Crippen molar-refractivity contribution < 1.29 is 4.79 Å². The third-order valence-electron chi connectivity index (χ3n) is 2.81. The second kappa shape index (κ2) is 7.77. The van der Waals surface area contributed by atoms with E-state index < -0.39 is 0 Å². The molecule has 2 aromatic rings. The maximum Gasteiger partial charge on any atom is 0.264 e. The van der Waals surface area contributed by atoms with Crippen molar-refractivity contribution in [1.82, 2.24) is 9.99 Å². The average Bonchev–Trinajstić information content (AvgIpc) is 2.54. The zero-order chi connectivity index (χ0) is 14.9. The molecule has 2 rings (SSSR count). The summed E-state index contributed by atoms with van der Waals surface area (Å²) >= 11 is 0. The summed E-state index contributed by atoms with van der Waals surface area (Å²) in [6, 6.07) is 13.4. The van der Waals surface area contributed by atoms with Gasteiger partial charge in [0, 0.05) is 24.7 Å². The summed E-state index contributed by atoms with van der Waals surface area (Å²) in [4.78, 5) is 15.8. The topological polar surface area (TPSA) is 59.2 Å². The van der Waals surface area contributed by atoms with Gasteiger partial charge in [0.25, 0.3) is 5.91 Å². The molecule has 1 aromatic heterocycles. The third-order valence-corrected chi connectivity index (χ3v) is 2.81. The zero-order valence-corrected chi connectivity index (χ0v) is 11.6. The predicted molar refractivity (Wildman–Crippen MR) is 83.6 cm³/mol. The van der Waals surface area contributed by atoms with Crippen LogP contribution in [0.25, 0.3) is 6.08 Å². The van der Waals surface area contributed by atoms with Gasteiger partial charge in [-0.05, 0) is 29.7 Å². The van der Waals surface area contributed by atoms with Crippen LogP contribution >= 0.6 is 0 Å². The smallest absolute Gasteiger partial charge is 0.264 e. The van der Waals surface area contributed by atoms with Crippen molar-refractivity contribution >= 4 is 12.0 Å². The number of allylic oxidation sites excluding steroid dienone is 1. The highest BCUT2D eigenvalue weighted by molar-refractivity contribution is 5.91. The number of hydrogen-bond donors (Lipinski definition) is 1. The van der Waals surface area contributed by atoms with Gasteiger partial charge in [-0.25, -0.2) is 5.84 Å². The molecule has 1 amide bonds. The van der Waals surface area contributed by atoms with Crippen molar-refractivity contribution in [3.63, 3.8) is 0 Å². The molecule has 0 saturated heterocycles. The van der Waals surface area contributed by atoms with Crippen LogP contribution in [-0.2, 0) is 11.2 Å². The number of hydrazine groups is 1. The average molecular weight is 279 g/mol. The molecule has 0 radical (unpaired) electrons. The van der Waals surface area contributed by atoms with E-state index in [1.165, 1.54) is 6.08 Å². The lowest BCUT2D eigenvalue weighted by atomic mass is 10.2. The second-order valence-corrected chi connectivity index (χ2v) is 4.44. The molecule has 0 aliphatic heterocycles. The molecule has 0 unspecified atom stereocenters. The van der Waals surface area contributed by atoms with E-state index >= 15 is 0 Å². The molecule has 0 spiro atoms. The lowest BCUT2D eigenvalue weighted by Gasteiger charge is -2.08. The van der Waals surface area contributed by atoms with Gasteiger partial charge in [0.1, 0.15) is 0 Å². The Balaban J connectivity index is 1.86. The van der Waals surface area contributed by atoms with Crippen molar-refractivity contribution in [1.29, 1.82) is 0 Å². The Hall–Kier alpha value is -2.72. The maximum absolute atomic E-state index is 11.8. The van der Waals surface area contributed by atoms with Crippen LogP contribution < -0.4 is 5.84 Å². The van der Waals surface area contributed by atoms with Crippen molar-refractivity contribution in [2.45, 2.75) is 6.42 Å². The summed E-state index contributed by atoms with van der Waals surface area (Å²) in [7, 11) is 0. The van der Waals surface area contributed by atoms with Gasteiger partial charge >= 0.3 is 0 Å². The molecule has 1 heterocycles. The maximum atomic E-state index is 11.8. The number of hydrogen-bond acceptors (Lipinski definition) is 3. The number of carbonyl (C=O) groups is 1. The molecule has 2 N–H and O–H groups in total. The van der Waals surface area contributed by atoms with E-state index in [2.05, 4.69) is 4.98 Å². The number of pyridine rings is 1. The van der Waals surface area contributed by atoms with Crippen LogP contribution in [0.3, 0.4) is 0 Å². The Morgan fingerprint density at radius 1 is 1.19 bits per heavy atom. The van der Waals surface area contributed by atoms with Crippen LogP contribution in [0.5, 0.6) is 0 Å². The second-order valence-electron chi connectivity index (χ2n) is 4.44. The SMILES string of the molecule is NN(C=CCc1cccnc1)C(=O)C=Cc1ccccc1. The minimum atomic E-state index is -0.277. The molecule has 106 valence electrons. The Morgan fingerprint density at radius 2 is 2.00 bits per heavy atom. The third kappa shape index (κ3) is 5.04. The Bertz CT molecular complexity index is 621. The molecular weight excluding hydrogens is 262 g/mol. The Labute approximate surface area is 124 Å². The van der Waals surface area contributed by atoms with Crippen LogP contribution in [0.4, 0.5) is 0 Å². The largest absolute Gasteiger partial charge is 0.268 e. The molecule has 1 aromatic carbocycles. The van der Waals surface area contributed by atoms with Gasteiger partial charge in [0.05, 0.1) is 0 Å². The highest BCUT2D eigenvalue weighted by atomic mass is 16.2. The standard InChI is InChI=1S/C17H17N3O/c18-20(13-5-9-16-8-4-12-19-14-16)17(21)11-10-15-6-2-1-3-7-15/h1-8,10-14H,9,18H2. The van der Waals surface area contributed by atoms with Gasteiger partial charge < -0.3 is 0 Å². The molecule has 0 aliphatic rings. The van der Waals surface area contributed by atoms with Gasteiger partial charge in [0.2, 0.25) is 0 Å². The van der Waals surface area contributed by atoms with Crippen molar-refractivity contribution in [2.24, 2.45) is 5.84 Å². The summed E-state index contributed by atoms with van der Waals surface area (Å²) in [5, 5.41) is 1.07. The molecule has 4 nitrogen and oxygen atoms in total. The molecule has 0 fully saturated rings. The Kier molecular flexibility index (Phi) is 5.43. The van der Waals surface area contributed by atoms with Crippen LogP contribution in [0, 0.1) is 0 Å². The minimum Gasteiger partial charge on any atom is -0.268 e. The number of amides is 1. The highest BCUT2D eigenvalue weighted by Crippen LogP contribution is 2.02. The lowest BCUT2D eigenvalue weighted by molar-refractivity contribution is -0.123. The monoisotopic (exact) mass is 279 g/mol. The number of carbonyl (C=O) groups excluding carboxylic acids is 1. The summed E-state index contributed by atoms with van der Waals surface area (Å²) in [5.74, 6) is 5.40. The van der Waals surface area contributed by atoms with E-state index in [0.29, 0.717) is 6.42 Å². The van der Waals surface area contributed by atoms with Gasteiger partial charge in [-0.3, -0.25) is 14.8 Å². The van der Waals surface area contributed by atoms with Crippen molar-refractivity contribution in [3.8, 4) is 0 Å². The molecular formula is C17H17N3O. The first-order valence-electron chi connectivity index (χ1n) is 6.62. The van der Waals surface area contributed by atoms with Crippen molar-refractivity contribution in [2.75, 3.05) is 0 Å². The molecule has 21 heavy (non-hydrogen) atoms. The first kappa shape index (κ1) is 14.7. The molecule has 0 aliphatic carbocycles. The van der Waals surface area contributed by atoms with E-state index in [1.807, 2.05) is 48.5 Å². The van der Waals surface area contributed by atoms with E-state index in [9.17, 15) is 4.79 Å². The molecule has 0 bridgehead atoms. The van der Waals surface area contributed by atoms with E-state index in [4.69, 9.17) is 5.84 Å². The number of nitrogens with zero attached hydrogens (tertiary/aromatic N) is 2. The minimum absolute atomic E-state index is 0.277. The van der Waals surface area contributed by atoms with E-state index in [1.54, 1.807) is 24.7 Å². The van der Waals surface area contributed by atoms with Crippen LogP contribution in [-0.4, -0.2) is 15.9 Å². The normalized spacial score (nSPS) is 11.1. The number of nitrogens with two attached hydrogens (primary N) is 1. The zero-order valence-electron chi connectivity index (χ0n) is 11.6. The number of rotatable bonds is 5. The Morgan fingerprint density at radius 3 is 2.71 bits per heavy atom. The summed E-state index contributed by atoms with van der Waals surface area (Å²) in [5.41, 5.74) is 2.02. The van der Waals surface area contributed by atoms with Crippen LogP contribution in [0.1, 0.15) is 11.1 Å². The van der Waals surface area contributed by atoms with Gasteiger partial charge in [-0.1, -0.05) is 42.5 Å².